The Morgan fingerprint density at radius 3 is 2.43 bits per heavy atom. The van der Waals surface area contributed by atoms with Gasteiger partial charge in [-0.15, -0.1) is 5.10 Å². The largest absolute Gasteiger partial charge is 0.474 e. The molecule has 35 heavy (non-hydrogen) atoms. The first-order valence-corrected chi connectivity index (χ1v) is 11.3. The van der Waals surface area contributed by atoms with E-state index in [9.17, 15) is 13.6 Å². The number of nitrogens with one attached hydrogen (secondary N) is 1. The lowest BCUT2D eigenvalue weighted by Gasteiger charge is -2.36. The summed E-state index contributed by atoms with van der Waals surface area (Å²) < 4.78 is 36.1. The van der Waals surface area contributed by atoms with Crippen LogP contribution in [0.25, 0.3) is 5.69 Å². The maximum absolute atomic E-state index is 15.0. The van der Waals surface area contributed by atoms with Crippen LogP contribution in [-0.4, -0.2) is 64.3 Å². The van der Waals surface area contributed by atoms with Crippen LogP contribution in [-0.2, 0) is 22.5 Å². The number of thiocarbonyl (C=S) groups is 1. The normalized spacial score (nSPS) is 13.6. The number of piperazine rings is 1. The van der Waals surface area contributed by atoms with Crippen LogP contribution in [0.15, 0.2) is 42.6 Å². The standard InChI is InChI=1S/C23H25F2N7O2S/c1-34-23(35)27-13-17-14-32(29-28-17)18-11-19(24)22(20(25)12-18)31-8-6-30(7-9-31)21(33)10-15-2-4-16(26)5-3-15/h2-5,11-12,14H,6-10,13,26H2,1H3,(H,27,35). The van der Waals surface area contributed by atoms with E-state index in [4.69, 9.17) is 22.7 Å². The van der Waals surface area contributed by atoms with Gasteiger partial charge in [0.05, 0.1) is 32.0 Å². The fourth-order valence-electron chi connectivity index (χ4n) is 3.83. The van der Waals surface area contributed by atoms with Gasteiger partial charge in [0.1, 0.15) is 11.4 Å². The zero-order chi connectivity index (χ0) is 24.9. The highest BCUT2D eigenvalue weighted by molar-refractivity contribution is 7.80. The lowest BCUT2D eigenvalue weighted by Crippen LogP contribution is -2.49. The minimum atomic E-state index is -0.711. The second kappa shape index (κ2) is 10.6. The van der Waals surface area contributed by atoms with E-state index in [1.165, 1.54) is 23.9 Å². The van der Waals surface area contributed by atoms with Gasteiger partial charge in [-0.1, -0.05) is 17.3 Å². The van der Waals surface area contributed by atoms with Crippen molar-refractivity contribution in [1.29, 1.82) is 0 Å². The molecule has 0 saturated carbocycles. The van der Waals surface area contributed by atoms with E-state index in [0.717, 1.165) is 5.56 Å². The van der Waals surface area contributed by atoms with Crippen molar-refractivity contribution < 1.29 is 18.3 Å². The number of methoxy groups -OCH3 is 1. The number of aromatic nitrogens is 3. The Hall–Kier alpha value is -3.80. The SMILES string of the molecule is COC(=S)NCc1cn(-c2cc(F)c(N3CCN(C(=O)Cc4ccc(N)cc4)CC3)c(F)c2)nn1. The third kappa shape index (κ3) is 5.83. The molecule has 184 valence electrons. The number of nitrogen functional groups attached to an aromatic ring is 1. The highest BCUT2D eigenvalue weighted by Crippen LogP contribution is 2.27. The quantitative estimate of drug-likeness (QED) is 0.391. The average molecular weight is 502 g/mol. The first-order chi connectivity index (χ1) is 16.8. The molecule has 1 aliphatic rings. The predicted molar refractivity (Wildman–Crippen MR) is 131 cm³/mol. The molecule has 3 aromatic rings. The van der Waals surface area contributed by atoms with Crippen LogP contribution in [0.4, 0.5) is 20.2 Å². The van der Waals surface area contributed by atoms with Gasteiger partial charge in [-0.3, -0.25) is 4.79 Å². The number of hydrogen-bond acceptors (Lipinski definition) is 7. The number of nitrogens with two attached hydrogens (primary N) is 1. The average Bonchev–Trinajstić information content (AvgIpc) is 3.33. The summed E-state index contributed by atoms with van der Waals surface area (Å²) in [5.41, 5.74) is 7.80. The molecular weight excluding hydrogens is 476 g/mol. The summed E-state index contributed by atoms with van der Waals surface area (Å²) >= 11 is 4.90. The molecule has 0 aliphatic carbocycles. The summed E-state index contributed by atoms with van der Waals surface area (Å²) in [5, 5.41) is 10.9. The van der Waals surface area contributed by atoms with Crippen molar-refractivity contribution >= 4 is 34.7 Å². The van der Waals surface area contributed by atoms with Crippen molar-refractivity contribution in [3.63, 3.8) is 0 Å². The second-order valence-electron chi connectivity index (χ2n) is 8.04. The molecule has 2 aromatic carbocycles. The van der Waals surface area contributed by atoms with Crippen LogP contribution in [0.1, 0.15) is 11.3 Å². The van der Waals surface area contributed by atoms with E-state index in [1.54, 1.807) is 28.1 Å². The topological polar surface area (TPSA) is 102 Å². The first-order valence-electron chi connectivity index (χ1n) is 10.9. The number of anilines is 2. The minimum absolute atomic E-state index is 0.0338. The van der Waals surface area contributed by atoms with E-state index in [-0.39, 0.29) is 35.4 Å². The van der Waals surface area contributed by atoms with Crippen molar-refractivity contribution in [2.45, 2.75) is 13.0 Å². The molecule has 0 unspecified atom stereocenters. The van der Waals surface area contributed by atoms with Crippen LogP contribution in [0.5, 0.6) is 0 Å². The Labute approximate surface area is 206 Å². The summed E-state index contributed by atoms with van der Waals surface area (Å²) in [6.45, 7) is 1.64. The number of amides is 1. The van der Waals surface area contributed by atoms with E-state index < -0.39 is 11.6 Å². The Bertz CT molecular complexity index is 1190. The lowest BCUT2D eigenvalue weighted by atomic mass is 10.1. The molecule has 3 N–H and O–H groups in total. The van der Waals surface area contributed by atoms with Gasteiger partial charge in [0.2, 0.25) is 5.91 Å². The fraction of sp³-hybridized carbons (Fsp3) is 0.304. The zero-order valence-corrected chi connectivity index (χ0v) is 19.9. The molecule has 1 amide bonds. The number of nitrogens with zero attached hydrogens (tertiary/aromatic N) is 5. The molecule has 1 fully saturated rings. The van der Waals surface area contributed by atoms with Gasteiger partial charge in [0.25, 0.3) is 5.17 Å². The van der Waals surface area contributed by atoms with Crippen LogP contribution < -0.4 is 16.0 Å². The molecule has 2 heterocycles. The third-order valence-electron chi connectivity index (χ3n) is 5.69. The van der Waals surface area contributed by atoms with Gasteiger partial charge in [0.15, 0.2) is 11.6 Å². The van der Waals surface area contributed by atoms with E-state index in [2.05, 4.69) is 15.6 Å². The number of carbonyl (C=O) groups is 1. The first kappa shape index (κ1) is 24.3. The Kier molecular flexibility index (Phi) is 7.39. The maximum atomic E-state index is 15.0. The number of hydrogen-bond donors (Lipinski definition) is 2. The summed E-state index contributed by atoms with van der Waals surface area (Å²) in [4.78, 5) is 15.9. The summed E-state index contributed by atoms with van der Waals surface area (Å²) in [5.74, 6) is -1.46. The van der Waals surface area contributed by atoms with Crippen LogP contribution in [0.3, 0.4) is 0 Å². The lowest BCUT2D eigenvalue weighted by molar-refractivity contribution is -0.130. The molecule has 1 saturated heterocycles. The van der Waals surface area contributed by atoms with E-state index >= 15 is 0 Å². The van der Waals surface area contributed by atoms with Gasteiger partial charge in [0, 0.05) is 44.0 Å². The summed E-state index contributed by atoms with van der Waals surface area (Å²) in [7, 11) is 1.44. The van der Waals surface area contributed by atoms with Crippen LogP contribution >= 0.6 is 12.2 Å². The van der Waals surface area contributed by atoms with E-state index in [1.807, 2.05) is 12.1 Å². The van der Waals surface area contributed by atoms with Gasteiger partial charge >= 0.3 is 0 Å². The van der Waals surface area contributed by atoms with E-state index in [0.29, 0.717) is 37.6 Å². The molecule has 12 heteroatoms. The summed E-state index contributed by atoms with van der Waals surface area (Å²) in [6, 6.07) is 9.57. The van der Waals surface area contributed by atoms with Crippen molar-refractivity contribution in [1.82, 2.24) is 25.2 Å². The van der Waals surface area contributed by atoms with Gasteiger partial charge in [-0.25, -0.2) is 13.5 Å². The van der Waals surface area contributed by atoms with Gasteiger partial charge in [-0.05, 0) is 29.9 Å². The van der Waals surface area contributed by atoms with Crippen molar-refractivity contribution in [3.05, 3.63) is 65.5 Å². The third-order valence-corrected chi connectivity index (χ3v) is 6.00. The number of halogens is 2. The second-order valence-corrected chi connectivity index (χ2v) is 8.41. The Morgan fingerprint density at radius 1 is 1.14 bits per heavy atom. The minimum Gasteiger partial charge on any atom is -0.474 e. The monoisotopic (exact) mass is 501 g/mol. The molecule has 4 rings (SSSR count). The number of rotatable bonds is 6. The van der Waals surface area contributed by atoms with Crippen molar-refractivity contribution in [3.8, 4) is 5.69 Å². The van der Waals surface area contributed by atoms with Crippen LogP contribution in [0.2, 0.25) is 0 Å². The molecule has 0 atom stereocenters. The molecule has 0 spiro atoms. The van der Waals surface area contributed by atoms with Gasteiger partial charge < -0.3 is 25.6 Å². The fourth-order valence-corrected chi connectivity index (χ4v) is 3.90. The molecular formula is C23H25F2N7O2S. The Balaban J connectivity index is 1.39. The number of carbonyl (C=O) groups excluding carboxylic acids is 1. The van der Waals surface area contributed by atoms with Gasteiger partial charge in [-0.2, -0.15) is 0 Å². The predicted octanol–water partition coefficient (Wildman–Crippen LogP) is 2.04. The highest BCUT2D eigenvalue weighted by atomic mass is 32.1. The Morgan fingerprint density at radius 2 is 1.80 bits per heavy atom. The molecule has 1 aromatic heterocycles. The highest BCUT2D eigenvalue weighted by Gasteiger charge is 2.26. The van der Waals surface area contributed by atoms with Crippen LogP contribution in [0, 0.1) is 11.6 Å². The van der Waals surface area contributed by atoms with Crippen molar-refractivity contribution in [2.24, 2.45) is 0 Å². The maximum Gasteiger partial charge on any atom is 0.256 e. The zero-order valence-electron chi connectivity index (χ0n) is 19.1. The smallest absolute Gasteiger partial charge is 0.256 e. The molecule has 1 aliphatic heterocycles. The molecule has 0 bridgehead atoms. The number of benzene rings is 2. The number of ether oxygens (including phenoxy) is 1. The molecule has 0 radical (unpaired) electrons. The summed E-state index contributed by atoms with van der Waals surface area (Å²) in [6.07, 6.45) is 1.80. The van der Waals surface area contributed by atoms with Crippen molar-refractivity contribution in [2.75, 3.05) is 43.9 Å². The molecule has 9 nitrogen and oxygen atoms in total.